The predicted octanol–water partition coefficient (Wildman–Crippen LogP) is 2.04. The van der Waals surface area contributed by atoms with Crippen LogP contribution >= 0.6 is 0 Å². The zero-order valence-corrected chi connectivity index (χ0v) is 15.2. The van der Waals surface area contributed by atoms with E-state index in [2.05, 4.69) is 20.2 Å². The average molecular weight is 396 g/mol. The molecule has 0 saturated heterocycles. The van der Waals surface area contributed by atoms with Gasteiger partial charge in [-0.2, -0.15) is 5.10 Å². The van der Waals surface area contributed by atoms with E-state index in [9.17, 15) is 14.0 Å². The van der Waals surface area contributed by atoms with Gasteiger partial charge in [-0.3, -0.25) is 9.78 Å². The molecular formula is C19H17FN6O3. The minimum atomic E-state index is -0.933. The van der Waals surface area contributed by atoms with Crippen LogP contribution in [0.15, 0.2) is 47.4 Å². The van der Waals surface area contributed by atoms with Crippen molar-refractivity contribution in [2.75, 3.05) is 0 Å². The van der Waals surface area contributed by atoms with Crippen molar-refractivity contribution in [3.05, 3.63) is 64.5 Å². The summed E-state index contributed by atoms with van der Waals surface area (Å²) in [5.74, 6) is -1.03. The van der Waals surface area contributed by atoms with Crippen LogP contribution < -0.4 is 5.69 Å². The second-order valence-corrected chi connectivity index (χ2v) is 6.47. The van der Waals surface area contributed by atoms with Crippen LogP contribution in [0.1, 0.15) is 18.4 Å². The fourth-order valence-corrected chi connectivity index (χ4v) is 3.08. The number of hydrogen-bond donors (Lipinski definition) is 2. The number of nitrogens with one attached hydrogen (secondary N) is 1. The third kappa shape index (κ3) is 3.77. The summed E-state index contributed by atoms with van der Waals surface area (Å²) < 4.78 is 16.8. The molecule has 10 heteroatoms. The van der Waals surface area contributed by atoms with Gasteiger partial charge in [-0.05, 0) is 24.6 Å². The van der Waals surface area contributed by atoms with Crippen LogP contribution in [0.2, 0.25) is 0 Å². The first kappa shape index (κ1) is 18.5. The van der Waals surface area contributed by atoms with Gasteiger partial charge in [0.15, 0.2) is 11.5 Å². The smallest absolute Gasteiger partial charge is 0.343 e. The summed E-state index contributed by atoms with van der Waals surface area (Å²) in [6.45, 7) is 0.345. The van der Waals surface area contributed by atoms with Gasteiger partial charge in [-0.25, -0.2) is 23.5 Å². The van der Waals surface area contributed by atoms with Crippen molar-refractivity contribution in [1.82, 2.24) is 29.5 Å². The summed E-state index contributed by atoms with van der Waals surface area (Å²) in [7, 11) is 0. The van der Waals surface area contributed by atoms with E-state index in [4.69, 9.17) is 5.11 Å². The Morgan fingerprint density at radius 2 is 1.97 bits per heavy atom. The third-order valence-corrected chi connectivity index (χ3v) is 4.45. The van der Waals surface area contributed by atoms with Crippen LogP contribution in [-0.4, -0.2) is 40.6 Å². The lowest BCUT2D eigenvalue weighted by atomic mass is 10.2. The molecule has 4 rings (SSSR count). The van der Waals surface area contributed by atoms with Gasteiger partial charge in [0.25, 0.3) is 0 Å². The number of carbonyl (C=O) groups is 1. The highest BCUT2D eigenvalue weighted by Crippen LogP contribution is 2.24. The fourth-order valence-electron chi connectivity index (χ4n) is 3.08. The van der Waals surface area contributed by atoms with Crippen LogP contribution in [-0.2, 0) is 17.9 Å². The second kappa shape index (κ2) is 7.66. The topological polar surface area (TPSA) is 119 Å². The lowest BCUT2D eigenvalue weighted by Gasteiger charge is -2.04. The summed E-state index contributed by atoms with van der Waals surface area (Å²) in [6, 6.07) is 9.95. The van der Waals surface area contributed by atoms with E-state index >= 15 is 0 Å². The first-order valence-electron chi connectivity index (χ1n) is 8.97. The number of aromatic amines is 1. The summed E-state index contributed by atoms with van der Waals surface area (Å²) >= 11 is 0. The number of halogens is 1. The minimum Gasteiger partial charge on any atom is -0.481 e. The molecule has 0 radical (unpaired) electrons. The van der Waals surface area contributed by atoms with E-state index in [1.807, 2.05) is 0 Å². The maximum Gasteiger partial charge on any atom is 0.343 e. The predicted molar refractivity (Wildman–Crippen MR) is 102 cm³/mol. The molecule has 3 aromatic heterocycles. The van der Waals surface area contributed by atoms with E-state index in [-0.39, 0.29) is 37.6 Å². The molecule has 0 bridgehead atoms. The molecule has 0 amide bonds. The lowest BCUT2D eigenvalue weighted by molar-refractivity contribution is -0.137. The van der Waals surface area contributed by atoms with Gasteiger partial charge in [0.05, 0.1) is 11.9 Å². The number of benzene rings is 1. The quantitative estimate of drug-likeness (QED) is 0.493. The van der Waals surface area contributed by atoms with Gasteiger partial charge in [-0.15, -0.1) is 5.10 Å². The molecule has 0 aliphatic rings. The zero-order chi connectivity index (χ0) is 20.4. The number of H-pyrrole nitrogens is 1. The summed E-state index contributed by atoms with van der Waals surface area (Å²) in [6.07, 6.45) is 1.83. The molecule has 0 fully saturated rings. The molecule has 2 N–H and O–H groups in total. The lowest BCUT2D eigenvalue weighted by Crippen LogP contribution is -2.18. The molecule has 0 spiro atoms. The molecule has 0 aliphatic heterocycles. The Kier molecular flexibility index (Phi) is 4.90. The Bertz CT molecular complexity index is 1240. The Hall–Kier alpha value is -3.82. The highest BCUT2D eigenvalue weighted by molar-refractivity contribution is 5.89. The standard InChI is InChI=1S/C19H17FN6O3/c20-14-7-2-1-5-12(14)11-26-18-13(6-3-9-21-18)16(23-26)17-22-19(29)25(24-17)10-4-8-15(27)28/h1-3,5-7,9H,4,8,10-11H2,(H,27,28)(H,22,24,29). The minimum absolute atomic E-state index is 0.0568. The number of aryl methyl sites for hydroxylation is 1. The zero-order valence-electron chi connectivity index (χ0n) is 15.2. The van der Waals surface area contributed by atoms with Gasteiger partial charge in [-0.1, -0.05) is 18.2 Å². The van der Waals surface area contributed by atoms with E-state index in [1.165, 1.54) is 10.7 Å². The summed E-state index contributed by atoms with van der Waals surface area (Å²) in [5.41, 5.74) is 0.957. The number of aromatic nitrogens is 6. The van der Waals surface area contributed by atoms with Crippen LogP contribution in [0.25, 0.3) is 22.6 Å². The van der Waals surface area contributed by atoms with E-state index < -0.39 is 11.7 Å². The molecule has 0 aliphatic carbocycles. The maximum absolute atomic E-state index is 14.1. The van der Waals surface area contributed by atoms with E-state index in [1.54, 1.807) is 41.2 Å². The second-order valence-electron chi connectivity index (χ2n) is 6.47. The molecule has 0 atom stereocenters. The molecule has 1 aromatic carbocycles. The average Bonchev–Trinajstić information content (AvgIpc) is 3.24. The van der Waals surface area contributed by atoms with Crippen LogP contribution in [0.4, 0.5) is 4.39 Å². The third-order valence-electron chi connectivity index (χ3n) is 4.45. The molecule has 0 unspecified atom stereocenters. The Labute approximate surface area is 163 Å². The Balaban J connectivity index is 1.71. The van der Waals surface area contributed by atoms with Crippen molar-refractivity contribution in [2.24, 2.45) is 0 Å². The largest absolute Gasteiger partial charge is 0.481 e. The summed E-state index contributed by atoms with van der Waals surface area (Å²) in [5, 5.41) is 18.2. The maximum atomic E-state index is 14.1. The Morgan fingerprint density at radius 3 is 2.76 bits per heavy atom. The molecule has 148 valence electrons. The number of carboxylic acid groups (broad SMARTS) is 1. The van der Waals surface area contributed by atoms with Gasteiger partial charge in [0, 0.05) is 24.7 Å². The van der Waals surface area contributed by atoms with Gasteiger partial charge in [0.2, 0.25) is 0 Å². The van der Waals surface area contributed by atoms with Crippen LogP contribution in [0.5, 0.6) is 0 Å². The highest BCUT2D eigenvalue weighted by atomic mass is 19.1. The monoisotopic (exact) mass is 396 g/mol. The van der Waals surface area contributed by atoms with E-state index in [0.29, 0.717) is 22.3 Å². The van der Waals surface area contributed by atoms with Crippen molar-refractivity contribution < 1.29 is 14.3 Å². The first-order valence-corrected chi connectivity index (χ1v) is 8.97. The van der Waals surface area contributed by atoms with Crippen molar-refractivity contribution in [1.29, 1.82) is 0 Å². The Morgan fingerprint density at radius 1 is 1.14 bits per heavy atom. The molecule has 0 saturated carbocycles. The molecule has 3 heterocycles. The number of carboxylic acids is 1. The fraction of sp³-hybridized carbons (Fsp3) is 0.211. The number of aliphatic carboxylic acids is 1. The number of hydrogen-bond acceptors (Lipinski definition) is 5. The van der Waals surface area contributed by atoms with Crippen LogP contribution in [0.3, 0.4) is 0 Å². The number of pyridine rings is 1. The number of fused-ring (bicyclic) bond motifs is 1. The normalized spacial score (nSPS) is 11.2. The first-order chi connectivity index (χ1) is 14.0. The van der Waals surface area contributed by atoms with Gasteiger partial charge >= 0.3 is 11.7 Å². The SMILES string of the molecule is O=C(O)CCCn1nc(-c2nn(Cc3ccccc3F)c3ncccc23)[nH]c1=O. The van der Waals surface area contributed by atoms with Gasteiger partial charge in [0.1, 0.15) is 11.5 Å². The summed E-state index contributed by atoms with van der Waals surface area (Å²) in [4.78, 5) is 29.8. The molecule has 4 aromatic rings. The number of nitrogens with zero attached hydrogens (tertiary/aromatic N) is 5. The van der Waals surface area contributed by atoms with E-state index in [0.717, 1.165) is 0 Å². The van der Waals surface area contributed by atoms with Gasteiger partial charge < -0.3 is 5.11 Å². The number of rotatable bonds is 7. The molecule has 9 nitrogen and oxygen atoms in total. The van der Waals surface area contributed by atoms with Crippen molar-refractivity contribution in [2.45, 2.75) is 25.9 Å². The molecular weight excluding hydrogens is 379 g/mol. The highest BCUT2D eigenvalue weighted by Gasteiger charge is 2.18. The molecule has 29 heavy (non-hydrogen) atoms. The van der Waals surface area contributed by atoms with Crippen molar-refractivity contribution in [3.8, 4) is 11.5 Å². The van der Waals surface area contributed by atoms with Crippen LogP contribution in [0, 0.1) is 5.82 Å². The van der Waals surface area contributed by atoms with Crippen molar-refractivity contribution in [3.63, 3.8) is 0 Å². The van der Waals surface area contributed by atoms with Crippen molar-refractivity contribution >= 4 is 17.0 Å².